The van der Waals surface area contributed by atoms with E-state index in [9.17, 15) is 9.59 Å². The molecule has 2 unspecified atom stereocenters. The van der Waals surface area contributed by atoms with Gasteiger partial charge in [-0.2, -0.15) is 0 Å². The summed E-state index contributed by atoms with van der Waals surface area (Å²) in [6, 6.07) is 17.4. The van der Waals surface area contributed by atoms with Crippen LogP contribution in [0.5, 0.6) is 0 Å². The summed E-state index contributed by atoms with van der Waals surface area (Å²) in [5, 5.41) is 0. The Morgan fingerprint density at radius 2 is 1.50 bits per heavy atom. The van der Waals surface area contributed by atoms with E-state index in [1.165, 1.54) is 0 Å². The van der Waals surface area contributed by atoms with Crippen molar-refractivity contribution < 1.29 is 9.59 Å². The van der Waals surface area contributed by atoms with Gasteiger partial charge < -0.3 is 15.5 Å². The summed E-state index contributed by atoms with van der Waals surface area (Å²) < 4.78 is 0. The van der Waals surface area contributed by atoms with E-state index in [1.54, 1.807) is 0 Å². The van der Waals surface area contributed by atoms with Gasteiger partial charge in [-0.05, 0) is 23.6 Å². The number of nitrogens with two attached hydrogens (primary N) is 1. The molecule has 1 fully saturated rings. The Kier molecular flexibility index (Phi) is 6.47. The first-order valence-corrected chi connectivity index (χ1v) is 9.89. The molecule has 2 amide bonds. The SMILES string of the molecule is Cc1ccccc1CC(=O)N1CCN(C(=O)C(C)C(N)c2ccccc2)CC1. The van der Waals surface area contributed by atoms with Crippen molar-refractivity contribution in [3.8, 4) is 0 Å². The normalized spacial score (nSPS) is 16.5. The van der Waals surface area contributed by atoms with E-state index in [0.717, 1.165) is 16.7 Å². The Hall–Kier alpha value is -2.66. The monoisotopic (exact) mass is 379 g/mol. The minimum Gasteiger partial charge on any atom is -0.339 e. The zero-order valence-electron chi connectivity index (χ0n) is 16.7. The maximum atomic E-state index is 12.9. The van der Waals surface area contributed by atoms with E-state index < -0.39 is 0 Å². The third kappa shape index (κ3) is 4.60. The largest absolute Gasteiger partial charge is 0.339 e. The fourth-order valence-electron chi connectivity index (χ4n) is 3.66. The van der Waals surface area contributed by atoms with Gasteiger partial charge in [-0.25, -0.2) is 0 Å². The summed E-state index contributed by atoms with van der Waals surface area (Å²) in [7, 11) is 0. The molecule has 0 radical (unpaired) electrons. The zero-order valence-corrected chi connectivity index (χ0v) is 16.7. The van der Waals surface area contributed by atoms with Gasteiger partial charge in [-0.3, -0.25) is 9.59 Å². The minimum absolute atomic E-state index is 0.0577. The number of carbonyl (C=O) groups is 2. The van der Waals surface area contributed by atoms with Crippen LogP contribution >= 0.6 is 0 Å². The number of carbonyl (C=O) groups excluding carboxylic acids is 2. The first kappa shape index (κ1) is 20.1. The fraction of sp³-hybridized carbons (Fsp3) is 0.391. The van der Waals surface area contributed by atoms with E-state index in [-0.39, 0.29) is 23.8 Å². The molecule has 5 heteroatoms. The number of benzene rings is 2. The predicted octanol–water partition coefficient (Wildman–Crippen LogP) is 2.54. The van der Waals surface area contributed by atoms with Crippen LogP contribution in [0.1, 0.15) is 29.7 Å². The number of hydrogen-bond acceptors (Lipinski definition) is 3. The summed E-state index contributed by atoms with van der Waals surface area (Å²) in [6.45, 7) is 6.17. The van der Waals surface area contributed by atoms with Gasteiger partial charge in [0.2, 0.25) is 11.8 Å². The van der Waals surface area contributed by atoms with Crippen LogP contribution in [0.2, 0.25) is 0 Å². The van der Waals surface area contributed by atoms with Gasteiger partial charge >= 0.3 is 0 Å². The molecule has 5 nitrogen and oxygen atoms in total. The topological polar surface area (TPSA) is 66.6 Å². The summed E-state index contributed by atoms with van der Waals surface area (Å²) in [5.41, 5.74) is 9.47. The van der Waals surface area contributed by atoms with Gasteiger partial charge in [-0.1, -0.05) is 61.5 Å². The lowest BCUT2D eigenvalue weighted by atomic mass is 9.94. The smallest absolute Gasteiger partial charge is 0.227 e. The molecular formula is C23H29N3O2. The van der Waals surface area contributed by atoms with Gasteiger partial charge in [-0.15, -0.1) is 0 Å². The van der Waals surface area contributed by atoms with Crippen LogP contribution in [0.15, 0.2) is 54.6 Å². The molecule has 2 aromatic rings. The van der Waals surface area contributed by atoms with Gasteiger partial charge in [0.15, 0.2) is 0 Å². The first-order valence-electron chi connectivity index (χ1n) is 9.89. The van der Waals surface area contributed by atoms with Gasteiger partial charge in [0.05, 0.1) is 12.3 Å². The van der Waals surface area contributed by atoms with E-state index in [0.29, 0.717) is 32.6 Å². The molecule has 0 spiro atoms. The van der Waals surface area contributed by atoms with Crippen molar-refractivity contribution in [1.82, 2.24) is 9.80 Å². The van der Waals surface area contributed by atoms with Crippen LogP contribution in [0.3, 0.4) is 0 Å². The van der Waals surface area contributed by atoms with Crippen LogP contribution in [-0.2, 0) is 16.0 Å². The van der Waals surface area contributed by atoms with E-state index in [2.05, 4.69) is 0 Å². The molecule has 3 rings (SSSR count). The van der Waals surface area contributed by atoms with Crippen LogP contribution in [-0.4, -0.2) is 47.8 Å². The van der Waals surface area contributed by atoms with Crippen LogP contribution < -0.4 is 5.73 Å². The van der Waals surface area contributed by atoms with E-state index in [4.69, 9.17) is 5.73 Å². The average molecular weight is 380 g/mol. The number of hydrogen-bond donors (Lipinski definition) is 1. The van der Waals surface area contributed by atoms with Crippen molar-refractivity contribution in [3.63, 3.8) is 0 Å². The van der Waals surface area contributed by atoms with Crippen molar-refractivity contribution in [2.75, 3.05) is 26.2 Å². The third-order valence-electron chi connectivity index (χ3n) is 5.66. The number of nitrogens with zero attached hydrogens (tertiary/aromatic N) is 2. The van der Waals surface area contributed by atoms with Gasteiger partial charge in [0.25, 0.3) is 0 Å². The molecular weight excluding hydrogens is 350 g/mol. The predicted molar refractivity (Wildman–Crippen MR) is 111 cm³/mol. The third-order valence-corrected chi connectivity index (χ3v) is 5.66. The Morgan fingerprint density at radius 3 is 2.14 bits per heavy atom. The highest BCUT2D eigenvalue weighted by Gasteiger charge is 2.30. The molecule has 1 heterocycles. The van der Waals surface area contributed by atoms with Gasteiger partial charge in [0.1, 0.15) is 0 Å². The Morgan fingerprint density at radius 1 is 0.929 bits per heavy atom. The highest BCUT2D eigenvalue weighted by molar-refractivity contribution is 5.81. The molecule has 0 aromatic heterocycles. The second-order valence-electron chi connectivity index (χ2n) is 7.53. The summed E-state index contributed by atoms with van der Waals surface area (Å²) >= 11 is 0. The lowest BCUT2D eigenvalue weighted by Gasteiger charge is -2.37. The fourth-order valence-corrected chi connectivity index (χ4v) is 3.66. The molecule has 148 valence electrons. The molecule has 28 heavy (non-hydrogen) atoms. The zero-order chi connectivity index (χ0) is 20.1. The summed E-state index contributed by atoms with van der Waals surface area (Å²) in [5.74, 6) is -0.116. The number of amides is 2. The Balaban J connectivity index is 1.53. The molecule has 2 aromatic carbocycles. The molecule has 0 saturated carbocycles. The standard InChI is InChI=1S/C23H29N3O2/c1-17-8-6-7-11-20(17)16-21(27)25-12-14-26(15-13-25)23(28)18(2)22(24)19-9-4-3-5-10-19/h3-11,18,22H,12-16,24H2,1-2H3. The van der Waals surface area contributed by atoms with Gasteiger partial charge in [0, 0.05) is 32.2 Å². The molecule has 0 aliphatic carbocycles. The molecule has 1 aliphatic rings. The van der Waals surface area contributed by atoms with Crippen LogP contribution in [0, 0.1) is 12.8 Å². The summed E-state index contributed by atoms with van der Waals surface area (Å²) in [4.78, 5) is 29.2. The second kappa shape index (κ2) is 9.02. The summed E-state index contributed by atoms with van der Waals surface area (Å²) in [6.07, 6.45) is 0.413. The quantitative estimate of drug-likeness (QED) is 0.868. The maximum Gasteiger partial charge on any atom is 0.227 e. The lowest BCUT2D eigenvalue weighted by molar-refractivity contribution is -0.142. The Bertz CT molecular complexity index is 814. The highest BCUT2D eigenvalue weighted by atomic mass is 16.2. The lowest BCUT2D eigenvalue weighted by Crippen LogP contribution is -2.52. The maximum absolute atomic E-state index is 12.9. The number of piperazine rings is 1. The number of aryl methyl sites for hydroxylation is 1. The highest BCUT2D eigenvalue weighted by Crippen LogP contribution is 2.22. The van der Waals surface area contributed by atoms with Crippen molar-refractivity contribution in [2.24, 2.45) is 11.7 Å². The van der Waals surface area contributed by atoms with Crippen molar-refractivity contribution in [2.45, 2.75) is 26.3 Å². The van der Waals surface area contributed by atoms with Crippen LogP contribution in [0.25, 0.3) is 0 Å². The van der Waals surface area contributed by atoms with E-state index in [1.807, 2.05) is 78.2 Å². The number of rotatable bonds is 5. The van der Waals surface area contributed by atoms with Crippen molar-refractivity contribution in [1.29, 1.82) is 0 Å². The van der Waals surface area contributed by atoms with E-state index >= 15 is 0 Å². The molecule has 2 N–H and O–H groups in total. The molecule has 0 bridgehead atoms. The molecule has 1 aliphatic heterocycles. The first-order chi connectivity index (χ1) is 13.5. The molecule has 2 atom stereocenters. The second-order valence-corrected chi connectivity index (χ2v) is 7.53. The average Bonchev–Trinajstić information content (AvgIpc) is 2.74. The van der Waals surface area contributed by atoms with Crippen LogP contribution in [0.4, 0.5) is 0 Å². The molecule has 1 saturated heterocycles. The minimum atomic E-state index is -0.325. The Labute approximate surface area is 167 Å². The van der Waals surface area contributed by atoms with Crippen molar-refractivity contribution >= 4 is 11.8 Å². The van der Waals surface area contributed by atoms with Crippen molar-refractivity contribution in [3.05, 3.63) is 71.3 Å².